The van der Waals surface area contributed by atoms with Crippen LogP contribution in [0.25, 0.3) is 11.1 Å². The normalized spacial score (nSPS) is 12.9. The monoisotopic (exact) mass is 702 g/mol. The second-order valence-electron chi connectivity index (χ2n) is 12.4. The molecule has 0 spiro atoms. The number of methoxy groups -OCH3 is 2. The SMILES string of the molecule is COCCCNCC(=O)Nc1ccc(-c2ccc(NC(=O)CNCCCOC)c3c2C(=O)c2ccccc2C3=O)c2c1C(=O)c1ccccc1C2=O. The predicted molar refractivity (Wildman–Crippen MR) is 194 cm³/mol. The second kappa shape index (κ2) is 16.1. The Hall–Kier alpha value is -5.66. The molecule has 52 heavy (non-hydrogen) atoms. The maximum Gasteiger partial charge on any atom is 0.238 e. The van der Waals surface area contributed by atoms with Crippen LogP contribution in [0.5, 0.6) is 0 Å². The fourth-order valence-corrected chi connectivity index (χ4v) is 6.58. The van der Waals surface area contributed by atoms with E-state index in [1.165, 1.54) is 12.1 Å². The standard InChI is InChI=1S/C40H38N4O8/c1-51-19-7-17-41-21-31(45)43-29-15-13-23(33-35(29)39(49)27-11-5-3-9-25(27)37(33)47)24-14-16-30(44-32(46)22-42-18-8-20-52-2)36-34(24)38(48)26-10-4-6-12-28(26)40(36)50/h3-6,9-16,41-42H,7-8,17-22H2,1-2H3,(H,43,45)(H,44,46). The number of rotatable bonds is 15. The van der Waals surface area contributed by atoms with Crippen LogP contribution in [0.15, 0.2) is 72.8 Å². The molecule has 2 aliphatic carbocycles. The van der Waals surface area contributed by atoms with Crippen molar-refractivity contribution in [1.82, 2.24) is 10.6 Å². The first-order valence-electron chi connectivity index (χ1n) is 17.0. The van der Waals surface area contributed by atoms with E-state index in [4.69, 9.17) is 9.47 Å². The summed E-state index contributed by atoms with van der Waals surface area (Å²) in [6.07, 6.45) is 1.39. The zero-order valence-corrected chi connectivity index (χ0v) is 28.9. The van der Waals surface area contributed by atoms with Crippen molar-refractivity contribution in [2.75, 3.05) is 64.2 Å². The number of hydrogen-bond acceptors (Lipinski definition) is 10. The van der Waals surface area contributed by atoms with Gasteiger partial charge in [0.05, 0.1) is 35.6 Å². The Kier molecular flexibility index (Phi) is 11.2. The molecule has 0 heterocycles. The Labute approximate surface area is 300 Å². The molecule has 0 aromatic heterocycles. The smallest absolute Gasteiger partial charge is 0.238 e. The van der Waals surface area contributed by atoms with Crippen LogP contribution in [-0.2, 0) is 19.1 Å². The van der Waals surface area contributed by atoms with Crippen LogP contribution in [0.1, 0.15) is 76.5 Å². The lowest BCUT2D eigenvalue weighted by Crippen LogP contribution is -2.31. The van der Waals surface area contributed by atoms with Gasteiger partial charge in [0.2, 0.25) is 11.8 Å². The number of hydrogen-bond donors (Lipinski definition) is 4. The third kappa shape index (κ3) is 7.10. The maximum atomic E-state index is 14.3. The number of amides is 2. The molecule has 0 bridgehead atoms. The van der Waals surface area contributed by atoms with Crippen LogP contribution in [0.4, 0.5) is 11.4 Å². The summed E-state index contributed by atoms with van der Waals surface area (Å²) < 4.78 is 10.1. The van der Waals surface area contributed by atoms with Gasteiger partial charge in [0.1, 0.15) is 0 Å². The number of carbonyl (C=O) groups excluding carboxylic acids is 6. The van der Waals surface area contributed by atoms with Crippen molar-refractivity contribution in [3.8, 4) is 11.1 Å². The zero-order valence-electron chi connectivity index (χ0n) is 28.9. The van der Waals surface area contributed by atoms with Gasteiger partial charge in [-0.3, -0.25) is 28.8 Å². The molecule has 12 heteroatoms. The van der Waals surface area contributed by atoms with E-state index in [1.54, 1.807) is 74.9 Å². The molecule has 0 unspecified atom stereocenters. The highest BCUT2D eigenvalue weighted by atomic mass is 16.5. The van der Waals surface area contributed by atoms with Gasteiger partial charge in [-0.15, -0.1) is 0 Å². The molecular formula is C40H38N4O8. The van der Waals surface area contributed by atoms with Crippen LogP contribution < -0.4 is 21.3 Å². The van der Waals surface area contributed by atoms with Gasteiger partial charge in [-0.25, -0.2) is 0 Å². The molecule has 2 aliphatic rings. The van der Waals surface area contributed by atoms with Crippen LogP contribution in [0.3, 0.4) is 0 Å². The Morgan fingerprint density at radius 1 is 0.481 bits per heavy atom. The minimum absolute atomic E-state index is 0.00657. The Morgan fingerprint density at radius 3 is 1.17 bits per heavy atom. The Morgan fingerprint density at radius 2 is 0.827 bits per heavy atom. The van der Waals surface area contributed by atoms with Gasteiger partial charge in [0.25, 0.3) is 0 Å². The van der Waals surface area contributed by atoms with Crippen molar-refractivity contribution in [3.05, 3.63) is 117 Å². The number of carbonyl (C=O) groups is 6. The van der Waals surface area contributed by atoms with Gasteiger partial charge >= 0.3 is 0 Å². The number of fused-ring (bicyclic) bond motifs is 4. The molecule has 12 nitrogen and oxygen atoms in total. The van der Waals surface area contributed by atoms with Crippen LogP contribution in [0, 0.1) is 0 Å². The first-order valence-corrected chi connectivity index (χ1v) is 17.0. The van der Waals surface area contributed by atoms with Crippen molar-refractivity contribution < 1.29 is 38.2 Å². The first-order chi connectivity index (χ1) is 25.3. The lowest BCUT2D eigenvalue weighted by atomic mass is 9.75. The fourth-order valence-electron chi connectivity index (χ4n) is 6.58. The van der Waals surface area contributed by atoms with Gasteiger partial charge in [-0.1, -0.05) is 60.7 Å². The van der Waals surface area contributed by atoms with Gasteiger partial charge < -0.3 is 30.7 Å². The minimum atomic E-state index is -0.477. The van der Waals surface area contributed by atoms with Crippen LogP contribution >= 0.6 is 0 Å². The Bertz CT molecular complexity index is 1960. The molecule has 4 aromatic rings. The van der Waals surface area contributed by atoms with Crippen molar-refractivity contribution in [1.29, 1.82) is 0 Å². The Balaban J connectivity index is 1.46. The summed E-state index contributed by atoms with van der Waals surface area (Å²) >= 11 is 0. The summed E-state index contributed by atoms with van der Waals surface area (Å²) in [5.41, 5.74) is 1.40. The van der Waals surface area contributed by atoms with Crippen molar-refractivity contribution >= 4 is 46.3 Å². The van der Waals surface area contributed by atoms with E-state index in [1.807, 2.05) is 0 Å². The predicted octanol–water partition coefficient (Wildman–Crippen LogP) is 4.03. The summed E-state index contributed by atoms with van der Waals surface area (Å²) in [5.74, 6) is -2.74. The van der Waals surface area contributed by atoms with E-state index in [-0.39, 0.29) is 80.1 Å². The molecule has 6 rings (SSSR count). The van der Waals surface area contributed by atoms with E-state index in [9.17, 15) is 28.8 Å². The van der Waals surface area contributed by atoms with Gasteiger partial charge in [-0.2, -0.15) is 0 Å². The second-order valence-corrected chi connectivity index (χ2v) is 12.4. The third-order valence-corrected chi connectivity index (χ3v) is 8.97. The first kappa shape index (κ1) is 36.1. The molecular weight excluding hydrogens is 664 g/mol. The van der Waals surface area contributed by atoms with Crippen molar-refractivity contribution in [2.45, 2.75) is 12.8 Å². The highest BCUT2D eigenvalue weighted by Crippen LogP contribution is 2.43. The molecule has 0 saturated heterocycles. The third-order valence-electron chi connectivity index (χ3n) is 8.97. The maximum absolute atomic E-state index is 14.3. The van der Waals surface area contributed by atoms with Gasteiger partial charge in [0, 0.05) is 60.8 Å². The van der Waals surface area contributed by atoms with E-state index in [0.717, 1.165) is 0 Å². The fraction of sp³-hybridized carbons (Fsp3) is 0.250. The highest BCUT2D eigenvalue weighted by Gasteiger charge is 2.38. The molecule has 0 aliphatic heterocycles. The summed E-state index contributed by atoms with van der Waals surface area (Å²) in [5, 5.41) is 11.6. The molecule has 266 valence electrons. The lowest BCUT2D eigenvalue weighted by Gasteiger charge is -2.26. The summed E-state index contributed by atoms with van der Waals surface area (Å²) in [6, 6.07) is 19.0. The minimum Gasteiger partial charge on any atom is -0.385 e. The molecule has 0 atom stereocenters. The molecule has 0 fully saturated rings. The molecule has 4 N–H and O–H groups in total. The molecule has 0 radical (unpaired) electrons. The number of ketones is 4. The number of anilines is 2. The molecule has 4 aromatic carbocycles. The summed E-state index contributed by atoms with van der Waals surface area (Å²) in [6.45, 7) is 2.04. The topological polar surface area (TPSA) is 169 Å². The number of ether oxygens (including phenoxy) is 2. The highest BCUT2D eigenvalue weighted by molar-refractivity contribution is 6.35. The van der Waals surface area contributed by atoms with Crippen molar-refractivity contribution in [3.63, 3.8) is 0 Å². The van der Waals surface area contributed by atoms with E-state index < -0.39 is 34.9 Å². The largest absolute Gasteiger partial charge is 0.385 e. The van der Waals surface area contributed by atoms with Crippen LogP contribution in [0.2, 0.25) is 0 Å². The quantitative estimate of drug-likeness (QED) is 0.115. The van der Waals surface area contributed by atoms with Gasteiger partial charge in [-0.05, 0) is 49.2 Å². The molecule has 2 amide bonds. The average molecular weight is 703 g/mol. The lowest BCUT2D eigenvalue weighted by molar-refractivity contribution is -0.116. The van der Waals surface area contributed by atoms with E-state index in [0.29, 0.717) is 39.1 Å². The number of nitrogens with one attached hydrogen (secondary N) is 4. The van der Waals surface area contributed by atoms with E-state index >= 15 is 0 Å². The summed E-state index contributed by atoms with van der Waals surface area (Å²) in [4.78, 5) is 83.0. The average Bonchev–Trinajstić information content (AvgIpc) is 3.15. The van der Waals surface area contributed by atoms with E-state index in [2.05, 4.69) is 21.3 Å². The number of benzene rings is 4. The molecule has 0 saturated carbocycles. The zero-order chi connectivity index (χ0) is 36.8. The van der Waals surface area contributed by atoms with Crippen LogP contribution in [-0.4, -0.2) is 88.6 Å². The van der Waals surface area contributed by atoms with Gasteiger partial charge in [0.15, 0.2) is 23.1 Å². The summed E-state index contributed by atoms with van der Waals surface area (Å²) in [7, 11) is 3.19. The van der Waals surface area contributed by atoms with Crippen molar-refractivity contribution in [2.24, 2.45) is 0 Å².